The largest absolute Gasteiger partial charge is 0.497 e. The minimum atomic E-state index is -3.62. The summed E-state index contributed by atoms with van der Waals surface area (Å²) in [5, 5.41) is 3.03. The highest BCUT2D eigenvalue weighted by atomic mass is 32.2. The summed E-state index contributed by atoms with van der Waals surface area (Å²) in [6.45, 7) is 4.50. The van der Waals surface area contributed by atoms with Crippen molar-refractivity contribution in [1.29, 1.82) is 0 Å². The summed E-state index contributed by atoms with van der Waals surface area (Å²) in [5.74, 6) is 1.03. The molecular formula is C22H28N2O4S. The number of methoxy groups -OCH3 is 1. The molecule has 0 radical (unpaired) electrons. The van der Waals surface area contributed by atoms with Gasteiger partial charge < -0.3 is 10.1 Å². The first-order chi connectivity index (χ1) is 13.8. The molecule has 1 amide bonds. The number of nitrogens with one attached hydrogen (secondary N) is 2. The van der Waals surface area contributed by atoms with Crippen LogP contribution in [0.5, 0.6) is 5.75 Å². The minimum absolute atomic E-state index is 0.108. The number of rotatable bonds is 9. The minimum Gasteiger partial charge on any atom is -0.497 e. The van der Waals surface area contributed by atoms with E-state index in [2.05, 4.69) is 10.0 Å². The van der Waals surface area contributed by atoms with Crippen LogP contribution in [0.2, 0.25) is 0 Å². The second-order valence-electron chi connectivity index (χ2n) is 7.79. The number of carbonyl (C=O) groups is 1. The first-order valence-corrected chi connectivity index (χ1v) is 11.3. The van der Waals surface area contributed by atoms with E-state index < -0.39 is 10.0 Å². The van der Waals surface area contributed by atoms with Crippen LogP contribution in [0.25, 0.3) is 0 Å². The van der Waals surface area contributed by atoms with Crippen molar-refractivity contribution >= 4 is 15.9 Å². The fraction of sp³-hybridized carbons (Fsp3) is 0.409. The lowest BCUT2D eigenvalue weighted by molar-refractivity contribution is 0.0925. The van der Waals surface area contributed by atoms with E-state index in [0.717, 1.165) is 24.2 Å². The molecule has 3 rings (SSSR count). The molecular weight excluding hydrogens is 388 g/mol. The van der Waals surface area contributed by atoms with Crippen molar-refractivity contribution in [2.24, 2.45) is 11.8 Å². The van der Waals surface area contributed by atoms with E-state index >= 15 is 0 Å². The van der Waals surface area contributed by atoms with Crippen LogP contribution in [-0.4, -0.2) is 28.0 Å². The molecule has 1 atom stereocenters. The van der Waals surface area contributed by atoms with Crippen LogP contribution in [0.15, 0.2) is 53.4 Å². The Morgan fingerprint density at radius 1 is 1.14 bits per heavy atom. The molecule has 1 unspecified atom stereocenters. The van der Waals surface area contributed by atoms with Gasteiger partial charge in [-0.25, -0.2) is 13.1 Å². The zero-order chi connectivity index (χ0) is 21.0. The van der Waals surface area contributed by atoms with Crippen LogP contribution in [-0.2, 0) is 10.0 Å². The molecule has 1 aliphatic rings. The van der Waals surface area contributed by atoms with Gasteiger partial charge in [0.2, 0.25) is 10.0 Å². The third-order valence-corrected chi connectivity index (χ3v) is 6.51. The Morgan fingerprint density at radius 2 is 1.83 bits per heavy atom. The topological polar surface area (TPSA) is 84.5 Å². The Balaban J connectivity index is 1.75. The van der Waals surface area contributed by atoms with Gasteiger partial charge in [0.05, 0.1) is 18.0 Å². The van der Waals surface area contributed by atoms with Crippen LogP contribution >= 0.6 is 0 Å². The fourth-order valence-electron chi connectivity index (χ4n) is 3.11. The van der Waals surface area contributed by atoms with Gasteiger partial charge in [0, 0.05) is 12.1 Å². The van der Waals surface area contributed by atoms with Crippen molar-refractivity contribution in [3.05, 3.63) is 59.7 Å². The standard InChI is InChI=1S/C22H28N2O4S/c1-15(2)21(17-9-11-19(28-3)12-10-17)24-22(25)18-5-4-6-20(13-18)29(26,27)23-14-16-7-8-16/h4-6,9-13,15-16,21,23H,7-8,14H2,1-3H3,(H,24,25). The van der Waals surface area contributed by atoms with Crippen LogP contribution < -0.4 is 14.8 Å². The van der Waals surface area contributed by atoms with Crippen molar-refractivity contribution in [1.82, 2.24) is 10.0 Å². The molecule has 1 aliphatic carbocycles. The lowest BCUT2D eigenvalue weighted by Gasteiger charge is -2.23. The number of sulfonamides is 1. The molecule has 0 saturated heterocycles. The Bertz CT molecular complexity index is 951. The van der Waals surface area contributed by atoms with Crippen molar-refractivity contribution in [2.75, 3.05) is 13.7 Å². The molecule has 2 N–H and O–H groups in total. The molecule has 2 aromatic rings. The zero-order valence-electron chi connectivity index (χ0n) is 17.0. The maximum Gasteiger partial charge on any atom is 0.251 e. The number of carbonyl (C=O) groups excluding carboxylic acids is 1. The van der Waals surface area contributed by atoms with Gasteiger partial charge >= 0.3 is 0 Å². The molecule has 0 aromatic heterocycles. The predicted octanol–water partition coefficient (Wildman–Crippen LogP) is 3.51. The summed E-state index contributed by atoms with van der Waals surface area (Å²) in [7, 11) is -2.01. The first kappa shape index (κ1) is 21.3. The molecule has 1 fully saturated rings. The van der Waals surface area contributed by atoms with E-state index in [-0.39, 0.29) is 22.8 Å². The quantitative estimate of drug-likeness (QED) is 0.655. The first-order valence-electron chi connectivity index (χ1n) is 9.84. The Hall–Kier alpha value is -2.38. The van der Waals surface area contributed by atoms with Gasteiger partial charge in [-0.05, 0) is 60.6 Å². The lowest BCUT2D eigenvalue weighted by Crippen LogP contribution is -2.32. The summed E-state index contributed by atoms with van der Waals surface area (Å²) in [4.78, 5) is 13.0. The zero-order valence-corrected chi connectivity index (χ0v) is 17.8. The summed E-state index contributed by atoms with van der Waals surface area (Å²) < 4.78 is 32.8. The normalized spacial score (nSPS) is 15.2. The number of ether oxygens (including phenoxy) is 1. The van der Waals surface area contributed by atoms with Gasteiger partial charge in [-0.2, -0.15) is 0 Å². The molecule has 156 valence electrons. The van der Waals surface area contributed by atoms with Gasteiger partial charge in [-0.3, -0.25) is 4.79 Å². The van der Waals surface area contributed by atoms with Gasteiger partial charge in [0.25, 0.3) is 5.91 Å². The van der Waals surface area contributed by atoms with E-state index in [1.54, 1.807) is 19.2 Å². The van der Waals surface area contributed by atoms with Crippen molar-refractivity contribution in [3.8, 4) is 5.75 Å². The monoisotopic (exact) mass is 416 g/mol. The SMILES string of the molecule is COc1ccc(C(NC(=O)c2cccc(S(=O)(=O)NCC3CC3)c2)C(C)C)cc1. The van der Waals surface area contributed by atoms with Crippen LogP contribution in [0, 0.1) is 11.8 Å². The van der Waals surface area contributed by atoms with E-state index in [4.69, 9.17) is 4.74 Å². The molecule has 0 bridgehead atoms. The van der Waals surface area contributed by atoms with Gasteiger partial charge in [-0.15, -0.1) is 0 Å². The highest BCUT2D eigenvalue weighted by molar-refractivity contribution is 7.89. The van der Waals surface area contributed by atoms with Gasteiger partial charge in [-0.1, -0.05) is 32.0 Å². The Morgan fingerprint density at radius 3 is 2.41 bits per heavy atom. The molecule has 1 saturated carbocycles. The van der Waals surface area contributed by atoms with Crippen molar-refractivity contribution in [3.63, 3.8) is 0 Å². The van der Waals surface area contributed by atoms with Crippen LogP contribution in [0.1, 0.15) is 48.7 Å². The molecule has 0 aliphatic heterocycles. The average Bonchev–Trinajstić information content (AvgIpc) is 3.55. The summed E-state index contributed by atoms with van der Waals surface area (Å²) in [6.07, 6.45) is 2.12. The molecule has 6 nitrogen and oxygen atoms in total. The third kappa shape index (κ3) is 5.58. The van der Waals surface area contributed by atoms with Crippen LogP contribution in [0.4, 0.5) is 0 Å². The van der Waals surface area contributed by atoms with Crippen molar-refractivity contribution < 1.29 is 17.9 Å². The predicted molar refractivity (Wildman–Crippen MR) is 112 cm³/mol. The highest BCUT2D eigenvalue weighted by Crippen LogP contribution is 2.28. The number of hydrogen-bond donors (Lipinski definition) is 2. The highest BCUT2D eigenvalue weighted by Gasteiger charge is 2.25. The van der Waals surface area contributed by atoms with E-state index in [1.165, 1.54) is 12.1 Å². The lowest BCUT2D eigenvalue weighted by atomic mass is 9.95. The maximum atomic E-state index is 12.9. The molecule has 0 heterocycles. The van der Waals surface area contributed by atoms with E-state index in [9.17, 15) is 13.2 Å². The molecule has 29 heavy (non-hydrogen) atoms. The Kier molecular flexibility index (Phi) is 6.59. The number of benzene rings is 2. The third-order valence-electron chi connectivity index (χ3n) is 5.09. The molecule has 0 spiro atoms. The smallest absolute Gasteiger partial charge is 0.251 e. The summed E-state index contributed by atoms with van der Waals surface area (Å²) in [5.41, 5.74) is 1.28. The Labute approximate surface area is 172 Å². The van der Waals surface area contributed by atoms with Crippen molar-refractivity contribution in [2.45, 2.75) is 37.6 Å². The second-order valence-corrected chi connectivity index (χ2v) is 9.56. The number of amides is 1. The average molecular weight is 417 g/mol. The molecule has 2 aromatic carbocycles. The summed E-state index contributed by atoms with van der Waals surface area (Å²) >= 11 is 0. The maximum absolute atomic E-state index is 12.9. The van der Waals surface area contributed by atoms with Crippen LogP contribution in [0.3, 0.4) is 0 Å². The van der Waals surface area contributed by atoms with E-state index in [1.807, 2.05) is 38.1 Å². The van der Waals surface area contributed by atoms with E-state index in [0.29, 0.717) is 18.0 Å². The fourth-order valence-corrected chi connectivity index (χ4v) is 4.27. The molecule has 7 heteroatoms. The van der Waals surface area contributed by atoms with Gasteiger partial charge in [0.1, 0.15) is 5.75 Å². The number of hydrogen-bond acceptors (Lipinski definition) is 4. The van der Waals surface area contributed by atoms with Gasteiger partial charge in [0.15, 0.2) is 0 Å². The summed E-state index contributed by atoms with van der Waals surface area (Å²) in [6, 6.07) is 13.5. The second kappa shape index (κ2) is 8.97.